The van der Waals surface area contributed by atoms with Crippen molar-refractivity contribution in [1.29, 1.82) is 0 Å². The maximum Gasteiger partial charge on any atom is 0.178 e. The topological polar surface area (TPSA) is 39.2 Å². The van der Waals surface area contributed by atoms with Gasteiger partial charge in [0.1, 0.15) is 17.2 Å². The molecule has 0 atom stereocenters. The number of carbonyl (C=O) groups excluding carboxylic acids is 1. The number of hydrogen-bond donors (Lipinski definition) is 0. The first-order valence-electron chi connectivity index (χ1n) is 6.83. The molecule has 0 bridgehead atoms. The molecule has 110 valence electrons. The average molecular weight is 304 g/mol. The summed E-state index contributed by atoms with van der Waals surface area (Å²) in [5, 5.41) is 0.750. The first-order valence-corrected chi connectivity index (χ1v) is 7.21. The maximum absolute atomic E-state index is 11.2. The number of benzene rings is 1. The Hall–Kier alpha value is -1.87. The molecule has 0 saturated heterocycles. The summed E-state index contributed by atoms with van der Waals surface area (Å²) in [5.41, 5.74) is 2.43. The molecule has 21 heavy (non-hydrogen) atoms. The van der Waals surface area contributed by atoms with Crippen LogP contribution in [-0.2, 0) is 0 Å². The largest absolute Gasteiger partial charge is 0.455 e. The molecule has 1 aromatic heterocycles. The van der Waals surface area contributed by atoms with Gasteiger partial charge in [0, 0.05) is 11.9 Å². The minimum Gasteiger partial charge on any atom is -0.455 e. The zero-order valence-electron chi connectivity index (χ0n) is 12.6. The summed E-state index contributed by atoms with van der Waals surface area (Å²) < 4.78 is 5.86. The number of rotatable bonds is 4. The second-order valence-corrected chi connectivity index (χ2v) is 5.74. The van der Waals surface area contributed by atoms with Crippen LogP contribution in [0.15, 0.2) is 30.5 Å². The van der Waals surface area contributed by atoms with E-state index in [9.17, 15) is 4.79 Å². The molecule has 0 saturated carbocycles. The van der Waals surface area contributed by atoms with Gasteiger partial charge in [0.2, 0.25) is 0 Å². The Morgan fingerprint density at radius 3 is 2.52 bits per heavy atom. The molecular weight excluding hydrogens is 286 g/mol. The normalized spacial score (nSPS) is 10.8. The van der Waals surface area contributed by atoms with Crippen LogP contribution in [-0.4, -0.2) is 10.8 Å². The van der Waals surface area contributed by atoms with E-state index in [1.165, 1.54) is 6.92 Å². The summed E-state index contributed by atoms with van der Waals surface area (Å²) in [4.78, 5) is 15.3. The molecule has 0 radical (unpaired) electrons. The van der Waals surface area contributed by atoms with E-state index in [-0.39, 0.29) is 5.78 Å². The fraction of sp³-hybridized carbons (Fsp3) is 0.294. The Kier molecular flexibility index (Phi) is 4.63. The number of nitrogens with zero attached hydrogens (tertiary/aromatic N) is 1. The van der Waals surface area contributed by atoms with E-state index in [0.717, 1.165) is 21.9 Å². The molecule has 0 aliphatic rings. The summed E-state index contributed by atoms with van der Waals surface area (Å²) in [5.74, 6) is 1.60. The highest BCUT2D eigenvalue weighted by Gasteiger charge is 2.11. The third kappa shape index (κ3) is 3.61. The zero-order chi connectivity index (χ0) is 15.6. The average Bonchev–Trinajstić information content (AvgIpc) is 2.42. The van der Waals surface area contributed by atoms with Crippen molar-refractivity contribution >= 4 is 17.4 Å². The molecule has 0 aliphatic carbocycles. The van der Waals surface area contributed by atoms with Crippen molar-refractivity contribution in [2.24, 2.45) is 0 Å². The van der Waals surface area contributed by atoms with Gasteiger partial charge >= 0.3 is 0 Å². The second kappa shape index (κ2) is 6.27. The molecule has 0 amide bonds. The lowest BCUT2D eigenvalue weighted by Gasteiger charge is -2.14. The quantitative estimate of drug-likeness (QED) is 0.732. The summed E-state index contributed by atoms with van der Waals surface area (Å²) in [7, 11) is 0. The summed E-state index contributed by atoms with van der Waals surface area (Å²) in [6.07, 6.45) is 1.56. The summed E-state index contributed by atoms with van der Waals surface area (Å²) in [6.45, 7) is 7.61. The van der Waals surface area contributed by atoms with Crippen LogP contribution in [0.5, 0.6) is 11.5 Å². The standard InChI is InChI=1S/C17H18ClNO2/c1-10(2)14-8-17(11(3)7-15(14)18)21-13-5-6-16(12(4)20)19-9-13/h5-10H,1-4H3. The number of aryl methyl sites for hydroxylation is 1. The number of hydrogen-bond acceptors (Lipinski definition) is 3. The monoisotopic (exact) mass is 303 g/mol. The van der Waals surface area contributed by atoms with Crippen molar-refractivity contribution in [3.05, 3.63) is 52.3 Å². The lowest BCUT2D eigenvalue weighted by Crippen LogP contribution is -1.97. The smallest absolute Gasteiger partial charge is 0.178 e. The number of carbonyl (C=O) groups is 1. The molecule has 0 aliphatic heterocycles. The number of halogens is 1. The van der Waals surface area contributed by atoms with Crippen LogP contribution in [0.1, 0.15) is 48.3 Å². The predicted octanol–water partition coefficient (Wildman–Crippen LogP) is 5.16. The Bertz CT molecular complexity index is 663. The number of aromatic nitrogens is 1. The van der Waals surface area contributed by atoms with E-state index in [4.69, 9.17) is 16.3 Å². The SMILES string of the molecule is CC(=O)c1ccc(Oc2cc(C(C)C)c(Cl)cc2C)cn1. The molecule has 2 rings (SSSR count). The number of ether oxygens (including phenoxy) is 1. The molecule has 2 aromatic rings. The molecule has 1 heterocycles. The van der Waals surface area contributed by atoms with Crippen molar-refractivity contribution in [3.63, 3.8) is 0 Å². The van der Waals surface area contributed by atoms with Gasteiger partial charge in [-0.3, -0.25) is 4.79 Å². The third-order valence-electron chi connectivity index (χ3n) is 3.24. The summed E-state index contributed by atoms with van der Waals surface area (Å²) >= 11 is 6.25. The van der Waals surface area contributed by atoms with Gasteiger partial charge in [-0.15, -0.1) is 0 Å². The van der Waals surface area contributed by atoms with Crippen LogP contribution in [0.2, 0.25) is 5.02 Å². The predicted molar refractivity (Wildman–Crippen MR) is 84.6 cm³/mol. The van der Waals surface area contributed by atoms with E-state index in [2.05, 4.69) is 18.8 Å². The van der Waals surface area contributed by atoms with Crippen LogP contribution in [0, 0.1) is 6.92 Å². The molecule has 0 N–H and O–H groups in total. The minimum absolute atomic E-state index is 0.0636. The molecule has 0 spiro atoms. The van der Waals surface area contributed by atoms with Gasteiger partial charge < -0.3 is 4.74 Å². The zero-order valence-corrected chi connectivity index (χ0v) is 13.4. The Balaban J connectivity index is 2.30. The van der Waals surface area contributed by atoms with Gasteiger partial charge in [-0.25, -0.2) is 4.98 Å². The molecule has 3 nitrogen and oxygen atoms in total. The second-order valence-electron chi connectivity index (χ2n) is 5.33. The first kappa shape index (κ1) is 15.5. The fourth-order valence-corrected chi connectivity index (χ4v) is 2.43. The van der Waals surface area contributed by atoms with Crippen LogP contribution in [0.25, 0.3) is 0 Å². The van der Waals surface area contributed by atoms with E-state index >= 15 is 0 Å². The lowest BCUT2D eigenvalue weighted by molar-refractivity contribution is 0.101. The van der Waals surface area contributed by atoms with Gasteiger partial charge in [0.05, 0.1) is 6.20 Å². The number of Topliss-reactive ketones (excluding diaryl/α,β-unsaturated/α-hetero) is 1. The van der Waals surface area contributed by atoms with Crippen LogP contribution in [0.3, 0.4) is 0 Å². The van der Waals surface area contributed by atoms with Crippen LogP contribution >= 0.6 is 11.6 Å². The van der Waals surface area contributed by atoms with E-state index in [1.54, 1.807) is 18.3 Å². The van der Waals surface area contributed by atoms with Gasteiger partial charge in [0.25, 0.3) is 0 Å². The van der Waals surface area contributed by atoms with Gasteiger partial charge in [0.15, 0.2) is 5.78 Å². The number of ketones is 1. The van der Waals surface area contributed by atoms with Crippen LogP contribution < -0.4 is 4.74 Å². The van der Waals surface area contributed by atoms with Gasteiger partial charge in [-0.2, -0.15) is 0 Å². The van der Waals surface area contributed by atoms with Gasteiger partial charge in [-0.05, 0) is 48.2 Å². The molecule has 0 unspecified atom stereocenters. The Labute approximate surface area is 129 Å². The highest BCUT2D eigenvalue weighted by Crippen LogP contribution is 2.33. The Morgan fingerprint density at radius 1 is 1.29 bits per heavy atom. The van der Waals surface area contributed by atoms with Gasteiger partial charge in [-0.1, -0.05) is 25.4 Å². The van der Waals surface area contributed by atoms with Crippen molar-refractivity contribution in [2.75, 3.05) is 0 Å². The maximum atomic E-state index is 11.2. The Morgan fingerprint density at radius 2 is 2.00 bits per heavy atom. The summed E-state index contributed by atoms with van der Waals surface area (Å²) in [6, 6.07) is 7.27. The van der Waals surface area contributed by atoms with Crippen molar-refractivity contribution in [3.8, 4) is 11.5 Å². The van der Waals surface area contributed by atoms with Crippen molar-refractivity contribution in [2.45, 2.75) is 33.6 Å². The fourth-order valence-electron chi connectivity index (χ4n) is 2.00. The molecule has 1 aromatic carbocycles. The van der Waals surface area contributed by atoms with Crippen molar-refractivity contribution in [1.82, 2.24) is 4.98 Å². The van der Waals surface area contributed by atoms with Crippen molar-refractivity contribution < 1.29 is 9.53 Å². The van der Waals surface area contributed by atoms with E-state index in [0.29, 0.717) is 17.4 Å². The minimum atomic E-state index is -0.0636. The molecule has 4 heteroatoms. The molecule has 0 fully saturated rings. The number of pyridine rings is 1. The van der Waals surface area contributed by atoms with E-state index in [1.807, 2.05) is 19.1 Å². The third-order valence-corrected chi connectivity index (χ3v) is 3.57. The highest BCUT2D eigenvalue weighted by atomic mass is 35.5. The lowest BCUT2D eigenvalue weighted by atomic mass is 10.0. The van der Waals surface area contributed by atoms with Crippen LogP contribution in [0.4, 0.5) is 0 Å². The van der Waals surface area contributed by atoms with E-state index < -0.39 is 0 Å². The first-order chi connectivity index (χ1) is 9.88. The molecular formula is C17H18ClNO2. The highest BCUT2D eigenvalue weighted by molar-refractivity contribution is 6.31.